The van der Waals surface area contributed by atoms with Gasteiger partial charge in [0.25, 0.3) is 0 Å². The quantitative estimate of drug-likeness (QED) is 0.827. The maximum absolute atomic E-state index is 13.4. The smallest absolute Gasteiger partial charge is 0.241 e. The first-order chi connectivity index (χ1) is 8.42. The minimum atomic E-state index is -3.82. The van der Waals surface area contributed by atoms with E-state index in [4.69, 9.17) is 9.84 Å². The highest BCUT2D eigenvalue weighted by atomic mass is 32.2. The zero-order valence-electron chi connectivity index (χ0n) is 9.81. The van der Waals surface area contributed by atoms with Gasteiger partial charge in [-0.05, 0) is 31.0 Å². The summed E-state index contributed by atoms with van der Waals surface area (Å²) in [4.78, 5) is -0.180. The van der Waals surface area contributed by atoms with Gasteiger partial charge in [0.15, 0.2) is 11.6 Å². The van der Waals surface area contributed by atoms with Crippen LogP contribution in [0.3, 0.4) is 0 Å². The summed E-state index contributed by atoms with van der Waals surface area (Å²) in [6.07, 6.45) is 1.17. The molecule has 0 aliphatic heterocycles. The van der Waals surface area contributed by atoms with E-state index >= 15 is 0 Å². The molecular weight excluding hydrogens is 261 g/mol. The van der Waals surface area contributed by atoms with Crippen LogP contribution in [0.2, 0.25) is 0 Å². The molecule has 2 rings (SSSR count). The van der Waals surface area contributed by atoms with Crippen molar-refractivity contribution in [2.45, 2.75) is 23.3 Å². The molecule has 1 saturated carbocycles. The van der Waals surface area contributed by atoms with Gasteiger partial charge in [0, 0.05) is 0 Å². The Balaban J connectivity index is 2.27. The minimum absolute atomic E-state index is 0.0164. The van der Waals surface area contributed by atoms with Gasteiger partial charge in [-0.2, -0.15) is 0 Å². The molecule has 0 heterocycles. The van der Waals surface area contributed by atoms with Gasteiger partial charge in [0.1, 0.15) is 0 Å². The number of ether oxygens (including phenoxy) is 1. The van der Waals surface area contributed by atoms with Crippen LogP contribution in [-0.4, -0.2) is 32.8 Å². The summed E-state index contributed by atoms with van der Waals surface area (Å²) in [5.41, 5.74) is -0.769. The zero-order chi connectivity index (χ0) is 13.4. The van der Waals surface area contributed by atoms with Crippen molar-refractivity contribution in [1.29, 1.82) is 0 Å². The van der Waals surface area contributed by atoms with Crippen molar-refractivity contribution in [3.05, 3.63) is 24.0 Å². The van der Waals surface area contributed by atoms with E-state index in [1.807, 2.05) is 0 Å². The summed E-state index contributed by atoms with van der Waals surface area (Å²) in [6.45, 7) is -0.259. The maximum Gasteiger partial charge on any atom is 0.241 e. The zero-order valence-corrected chi connectivity index (χ0v) is 10.6. The Morgan fingerprint density at radius 3 is 2.61 bits per heavy atom. The van der Waals surface area contributed by atoms with E-state index in [-0.39, 0.29) is 17.3 Å². The van der Waals surface area contributed by atoms with Gasteiger partial charge in [0.05, 0.1) is 24.2 Å². The summed E-state index contributed by atoms with van der Waals surface area (Å²) < 4.78 is 44.5. The molecule has 0 saturated heterocycles. The molecule has 0 atom stereocenters. The number of hydrogen-bond donors (Lipinski definition) is 2. The van der Waals surface area contributed by atoms with Gasteiger partial charge in [0.2, 0.25) is 10.0 Å². The number of halogens is 1. The summed E-state index contributed by atoms with van der Waals surface area (Å²) in [7, 11) is -2.52. The summed E-state index contributed by atoms with van der Waals surface area (Å²) in [5, 5.41) is 9.08. The van der Waals surface area contributed by atoms with Crippen molar-refractivity contribution >= 4 is 10.0 Å². The van der Waals surface area contributed by atoms with Crippen LogP contribution in [0.25, 0.3) is 0 Å². The molecule has 0 amide bonds. The molecule has 1 fully saturated rings. The predicted molar refractivity (Wildman–Crippen MR) is 62.3 cm³/mol. The van der Waals surface area contributed by atoms with Crippen LogP contribution in [0.5, 0.6) is 5.75 Å². The first kappa shape index (κ1) is 13.3. The van der Waals surface area contributed by atoms with Gasteiger partial charge >= 0.3 is 0 Å². The molecule has 18 heavy (non-hydrogen) atoms. The van der Waals surface area contributed by atoms with E-state index in [9.17, 15) is 12.8 Å². The fraction of sp³-hybridized carbons (Fsp3) is 0.455. The third-order valence-electron chi connectivity index (χ3n) is 2.94. The Kier molecular flexibility index (Phi) is 3.31. The second-order valence-corrected chi connectivity index (χ2v) is 6.02. The average Bonchev–Trinajstić information content (AvgIpc) is 3.08. The van der Waals surface area contributed by atoms with E-state index in [1.54, 1.807) is 0 Å². The molecule has 0 spiro atoms. The van der Waals surface area contributed by atoms with Crippen LogP contribution in [-0.2, 0) is 10.0 Å². The SMILES string of the molecule is COc1ccc(S(=O)(=O)NC2(CO)CC2)cc1F. The monoisotopic (exact) mass is 275 g/mol. The highest BCUT2D eigenvalue weighted by Crippen LogP contribution is 2.36. The molecule has 0 unspecified atom stereocenters. The van der Waals surface area contributed by atoms with Gasteiger partial charge in [-0.1, -0.05) is 0 Å². The van der Waals surface area contributed by atoms with Gasteiger partial charge in [-0.25, -0.2) is 17.5 Å². The molecule has 0 radical (unpaired) electrons. The molecule has 0 bridgehead atoms. The predicted octanol–water partition coefficient (Wildman–Crippen LogP) is 0.637. The van der Waals surface area contributed by atoms with Gasteiger partial charge in [-0.15, -0.1) is 0 Å². The number of nitrogens with one attached hydrogen (secondary N) is 1. The van der Waals surface area contributed by atoms with Gasteiger partial charge < -0.3 is 9.84 Å². The number of methoxy groups -OCH3 is 1. The molecule has 1 aromatic carbocycles. The molecule has 1 aliphatic rings. The van der Waals surface area contributed by atoms with Crippen LogP contribution in [0.4, 0.5) is 4.39 Å². The fourth-order valence-corrected chi connectivity index (χ4v) is 3.06. The second-order valence-electron chi connectivity index (χ2n) is 4.34. The van der Waals surface area contributed by atoms with Crippen molar-refractivity contribution in [2.24, 2.45) is 0 Å². The van der Waals surface area contributed by atoms with Crippen LogP contribution in [0.15, 0.2) is 23.1 Å². The van der Waals surface area contributed by atoms with Crippen molar-refractivity contribution in [3.63, 3.8) is 0 Å². The lowest BCUT2D eigenvalue weighted by Gasteiger charge is -2.14. The normalized spacial score (nSPS) is 17.5. The summed E-state index contributed by atoms with van der Waals surface area (Å²) in [6, 6.07) is 3.41. The molecule has 0 aromatic heterocycles. The second kappa shape index (κ2) is 4.49. The number of aliphatic hydroxyl groups excluding tert-OH is 1. The molecule has 100 valence electrons. The average molecular weight is 275 g/mol. The van der Waals surface area contributed by atoms with E-state index in [0.29, 0.717) is 12.8 Å². The van der Waals surface area contributed by atoms with Crippen LogP contribution in [0, 0.1) is 5.82 Å². The lowest BCUT2D eigenvalue weighted by molar-refractivity contribution is 0.246. The van der Waals surface area contributed by atoms with Crippen LogP contribution in [0.1, 0.15) is 12.8 Å². The van der Waals surface area contributed by atoms with Crippen LogP contribution >= 0.6 is 0 Å². The third kappa shape index (κ3) is 2.47. The Labute approximate surface area is 105 Å². The minimum Gasteiger partial charge on any atom is -0.494 e. The summed E-state index contributed by atoms with van der Waals surface area (Å²) >= 11 is 0. The molecular formula is C11H14FNO4S. The Morgan fingerprint density at radius 2 is 2.17 bits per heavy atom. The number of sulfonamides is 1. The Morgan fingerprint density at radius 1 is 1.50 bits per heavy atom. The summed E-state index contributed by atoms with van der Waals surface area (Å²) in [5.74, 6) is -0.758. The first-order valence-electron chi connectivity index (χ1n) is 5.41. The Bertz CT molecular complexity index is 554. The number of benzene rings is 1. The standard InChI is InChI=1S/C11H14FNO4S/c1-17-10-3-2-8(6-9(10)12)18(15,16)13-11(7-14)4-5-11/h2-3,6,13-14H,4-5,7H2,1H3. The van der Waals surface area contributed by atoms with Crippen molar-refractivity contribution in [3.8, 4) is 5.75 Å². The van der Waals surface area contributed by atoms with Crippen molar-refractivity contribution in [2.75, 3.05) is 13.7 Å². The highest BCUT2D eigenvalue weighted by Gasteiger charge is 2.45. The van der Waals surface area contributed by atoms with E-state index in [2.05, 4.69) is 4.72 Å². The molecule has 1 aromatic rings. The van der Waals surface area contributed by atoms with E-state index < -0.39 is 21.4 Å². The van der Waals surface area contributed by atoms with E-state index in [0.717, 1.165) is 6.07 Å². The molecule has 2 N–H and O–H groups in total. The largest absolute Gasteiger partial charge is 0.494 e. The molecule has 7 heteroatoms. The highest BCUT2D eigenvalue weighted by molar-refractivity contribution is 7.89. The number of rotatable bonds is 5. The van der Waals surface area contributed by atoms with Crippen LogP contribution < -0.4 is 9.46 Å². The van der Waals surface area contributed by atoms with E-state index in [1.165, 1.54) is 19.2 Å². The van der Waals surface area contributed by atoms with Crippen molar-refractivity contribution in [1.82, 2.24) is 4.72 Å². The van der Waals surface area contributed by atoms with Gasteiger partial charge in [-0.3, -0.25) is 0 Å². The molecule has 5 nitrogen and oxygen atoms in total. The topological polar surface area (TPSA) is 75.6 Å². The third-order valence-corrected chi connectivity index (χ3v) is 4.52. The van der Waals surface area contributed by atoms with Crippen molar-refractivity contribution < 1.29 is 22.7 Å². The fourth-order valence-electron chi connectivity index (χ4n) is 1.60. The number of aliphatic hydroxyl groups is 1. The number of hydrogen-bond acceptors (Lipinski definition) is 4. The Hall–Kier alpha value is -1.18. The first-order valence-corrected chi connectivity index (χ1v) is 6.89. The lowest BCUT2D eigenvalue weighted by atomic mass is 10.3. The molecule has 1 aliphatic carbocycles. The maximum atomic E-state index is 13.4. The lowest BCUT2D eigenvalue weighted by Crippen LogP contribution is -2.39.